The first-order valence-electron chi connectivity index (χ1n) is 8.14. The van der Waals surface area contributed by atoms with E-state index in [2.05, 4.69) is 15.8 Å². The summed E-state index contributed by atoms with van der Waals surface area (Å²) in [6.45, 7) is 3.72. The molecule has 0 unspecified atom stereocenters. The Morgan fingerprint density at radius 2 is 2.29 bits per heavy atom. The molecular weight excluding hydrogens is 310 g/mol. The molecule has 7 nitrogen and oxygen atoms in total. The standard InChI is InChI=1S/C17H23N3O4/c1-2-8-23-14-6-3-5-13(10-14)11-19-20-17(22)16(21)18-12-15-7-4-9-24-15/h3,5-6,10-11,15H,2,4,7-9,12H2,1H3,(H,18,21)(H,20,22)/b19-11-/t15-/m0/s1. The Balaban J connectivity index is 1.75. The van der Waals surface area contributed by atoms with Crippen molar-refractivity contribution in [2.75, 3.05) is 19.8 Å². The van der Waals surface area contributed by atoms with E-state index in [0.29, 0.717) is 19.8 Å². The summed E-state index contributed by atoms with van der Waals surface area (Å²) in [6.07, 6.45) is 4.27. The SMILES string of the molecule is CCCOc1cccc(/C=N\NC(=O)C(=O)NC[C@@H]2CCCO2)c1. The fourth-order valence-electron chi connectivity index (χ4n) is 2.21. The van der Waals surface area contributed by atoms with Crippen LogP contribution < -0.4 is 15.5 Å². The monoisotopic (exact) mass is 333 g/mol. The van der Waals surface area contributed by atoms with Gasteiger partial charge in [0.2, 0.25) is 0 Å². The molecule has 2 rings (SSSR count). The van der Waals surface area contributed by atoms with Gasteiger partial charge in [-0.1, -0.05) is 19.1 Å². The van der Waals surface area contributed by atoms with Crippen LogP contribution in [0.5, 0.6) is 5.75 Å². The number of benzene rings is 1. The van der Waals surface area contributed by atoms with Crippen LogP contribution in [0.1, 0.15) is 31.7 Å². The minimum atomic E-state index is -0.803. The van der Waals surface area contributed by atoms with E-state index in [1.165, 1.54) is 6.21 Å². The molecule has 0 aromatic heterocycles. The maximum absolute atomic E-state index is 11.6. The molecule has 1 heterocycles. The van der Waals surface area contributed by atoms with Crippen molar-refractivity contribution in [3.63, 3.8) is 0 Å². The summed E-state index contributed by atoms with van der Waals surface area (Å²) in [7, 11) is 0. The number of hydrazone groups is 1. The molecule has 0 saturated carbocycles. The van der Waals surface area contributed by atoms with E-state index in [1.807, 2.05) is 31.2 Å². The van der Waals surface area contributed by atoms with E-state index in [-0.39, 0.29) is 6.10 Å². The fraction of sp³-hybridized carbons (Fsp3) is 0.471. The van der Waals surface area contributed by atoms with Gasteiger partial charge < -0.3 is 14.8 Å². The van der Waals surface area contributed by atoms with Crippen LogP contribution >= 0.6 is 0 Å². The van der Waals surface area contributed by atoms with Crippen molar-refractivity contribution >= 4 is 18.0 Å². The first-order chi connectivity index (χ1) is 11.7. The van der Waals surface area contributed by atoms with E-state index < -0.39 is 11.8 Å². The van der Waals surface area contributed by atoms with Crippen LogP contribution in [0.15, 0.2) is 29.4 Å². The molecule has 1 aromatic carbocycles. The highest BCUT2D eigenvalue weighted by molar-refractivity contribution is 6.35. The van der Waals surface area contributed by atoms with Crippen LogP contribution in [-0.4, -0.2) is 43.9 Å². The summed E-state index contributed by atoms with van der Waals surface area (Å²) >= 11 is 0. The smallest absolute Gasteiger partial charge is 0.329 e. The van der Waals surface area contributed by atoms with Crippen molar-refractivity contribution in [2.24, 2.45) is 5.10 Å². The third kappa shape index (κ3) is 6.00. The maximum atomic E-state index is 11.6. The van der Waals surface area contributed by atoms with Crippen LogP contribution in [0.3, 0.4) is 0 Å². The zero-order chi connectivity index (χ0) is 17.2. The molecule has 1 saturated heterocycles. The second-order valence-electron chi connectivity index (χ2n) is 5.47. The van der Waals surface area contributed by atoms with E-state index in [0.717, 1.165) is 30.6 Å². The zero-order valence-corrected chi connectivity index (χ0v) is 13.8. The highest BCUT2D eigenvalue weighted by atomic mass is 16.5. The van der Waals surface area contributed by atoms with Gasteiger partial charge in [-0.15, -0.1) is 0 Å². The second-order valence-corrected chi connectivity index (χ2v) is 5.47. The minimum Gasteiger partial charge on any atom is -0.494 e. The van der Waals surface area contributed by atoms with Crippen molar-refractivity contribution in [1.29, 1.82) is 0 Å². The van der Waals surface area contributed by atoms with Gasteiger partial charge in [0.15, 0.2) is 0 Å². The number of nitrogens with zero attached hydrogens (tertiary/aromatic N) is 1. The molecule has 0 radical (unpaired) electrons. The number of hydrogen-bond donors (Lipinski definition) is 2. The van der Waals surface area contributed by atoms with Gasteiger partial charge >= 0.3 is 11.8 Å². The molecule has 130 valence electrons. The Hall–Kier alpha value is -2.41. The number of rotatable bonds is 7. The Kier molecular flexibility index (Phi) is 7.22. The zero-order valence-electron chi connectivity index (χ0n) is 13.8. The van der Waals surface area contributed by atoms with Crippen molar-refractivity contribution in [3.05, 3.63) is 29.8 Å². The molecule has 0 bridgehead atoms. The number of nitrogens with one attached hydrogen (secondary N) is 2. The molecule has 24 heavy (non-hydrogen) atoms. The molecule has 7 heteroatoms. The number of hydrogen-bond acceptors (Lipinski definition) is 5. The first kappa shape index (κ1) is 17.9. The van der Waals surface area contributed by atoms with E-state index in [9.17, 15) is 9.59 Å². The molecule has 1 aliphatic rings. The second kappa shape index (κ2) is 9.67. The van der Waals surface area contributed by atoms with Crippen molar-refractivity contribution in [2.45, 2.75) is 32.3 Å². The van der Waals surface area contributed by atoms with E-state index >= 15 is 0 Å². The molecule has 0 aliphatic carbocycles. The summed E-state index contributed by atoms with van der Waals surface area (Å²) in [5, 5.41) is 6.33. The Bertz CT molecular complexity index is 583. The fourth-order valence-corrected chi connectivity index (χ4v) is 2.21. The normalized spacial score (nSPS) is 17.0. The van der Waals surface area contributed by atoms with Crippen molar-refractivity contribution in [1.82, 2.24) is 10.7 Å². The minimum absolute atomic E-state index is 0.00360. The van der Waals surface area contributed by atoms with Gasteiger partial charge in [0, 0.05) is 13.2 Å². The van der Waals surface area contributed by atoms with Gasteiger partial charge in [0.05, 0.1) is 18.9 Å². The Morgan fingerprint density at radius 1 is 1.42 bits per heavy atom. The molecule has 0 spiro atoms. The maximum Gasteiger partial charge on any atom is 0.329 e. The van der Waals surface area contributed by atoms with Gasteiger partial charge in [-0.25, -0.2) is 5.43 Å². The van der Waals surface area contributed by atoms with Gasteiger partial charge in [-0.3, -0.25) is 9.59 Å². The number of ether oxygens (including phenoxy) is 2. The number of carbonyl (C=O) groups excluding carboxylic acids is 2. The number of carbonyl (C=O) groups is 2. The summed E-state index contributed by atoms with van der Waals surface area (Å²) < 4.78 is 10.9. The summed E-state index contributed by atoms with van der Waals surface area (Å²) in [4.78, 5) is 23.3. The Morgan fingerprint density at radius 3 is 3.04 bits per heavy atom. The third-order valence-corrected chi connectivity index (χ3v) is 3.43. The average molecular weight is 333 g/mol. The summed E-state index contributed by atoms with van der Waals surface area (Å²) in [5.74, 6) is -0.785. The van der Waals surface area contributed by atoms with Crippen molar-refractivity contribution < 1.29 is 19.1 Å². The third-order valence-electron chi connectivity index (χ3n) is 3.43. The predicted molar refractivity (Wildman–Crippen MR) is 89.9 cm³/mol. The summed E-state index contributed by atoms with van der Waals surface area (Å²) in [5.41, 5.74) is 2.97. The lowest BCUT2D eigenvalue weighted by atomic mass is 10.2. The van der Waals surface area contributed by atoms with Crippen LogP contribution in [0.4, 0.5) is 0 Å². The highest BCUT2D eigenvalue weighted by Gasteiger charge is 2.18. The van der Waals surface area contributed by atoms with Gasteiger partial charge in [0.1, 0.15) is 5.75 Å². The molecule has 2 N–H and O–H groups in total. The molecule has 1 fully saturated rings. The average Bonchev–Trinajstić information content (AvgIpc) is 3.11. The first-order valence-corrected chi connectivity index (χ1v) is 8.14. The quantitative estimate of drug-likeness (QED) is 0.446. The topological polar surface area (TPSA) is 89.0 Å². The highest BCUT2D eigenvalue weighted by Crippen LogP contribution is 2.12. The van der Waals surface area contributed by atoms with E-state index in [1.54, 1.807) is 0 Å². The molecule has 1 aliphatic heterocycles. The lowest BCUT2D eigenvalue weighted by Crippen LogP contribution is -2.41. The molecule has 1 aromatic rings. The van der Waals surface area contributed by atoms with Gasteiger partial charge in [0.25, 0.3) is 0 Å². The Labute approximate surface area is 141 Å². The van der Waals surface area contributed by atoms with Crippen LogP contribution in [0, 0.1) is 0 Å². The molecular formula is C17H23N3O4. The summed E-state index contributed by atoms with van der Waals surface area (Å²) in [6, 6.07) is 7.32. The molecule has 1 atom stereocenters. The predicted octanol–water partition coefficient (Wildman–Crippen LogP) is 1.22. The largest absolute Gasteiger partial charge is 0.494 e. The van der Waals surface area contributed by atoms with Crippen LogP contribution in [0.25, 0.3) is 0 Å². The number of amides is 2. The van der Waals surface area contributed by atoms with Crippen molar-refractivity contribution in [3.8, 4) is 5.75 Å². The lowest BCUT2D eigenvalue weighted by Gasteiger charge is -2.09. The van der Waals surface area contributed by atoms with Crippen LogP contribution in [0.2, 0.25) is 0 Å². The van der Waals surface area contributed by atoms with Gasteiger partial charge in [-0.05, 0) is 37.0 Å². The van der Waals surface area contributed by atoms with E-state index in [4.69, 9.17) is 9.47 Å². The molecule has 2 amide bonds. The van der Waals surface area contributed by atoms with Gasteiger partial charge in [-0.2, -0.15) is 5.10 Å². The lowest BCUT2D eigenvalue weighted by molar-refractivity contribution is -0.139. The van der Waals surface area contributed by atoms with Crippen LogP contribution in [-0.2, 0) is 14.3 Å².